The SMILES string of the molecule is N=C(c1cccc(-c2ccc(S(=O)N3CCCC3)cc2)c1)c1cc(N)ncn1. The van der Waals surface area contributed by atoms with Crippen molar-refractivity contribution in [2.75, 3.05) is 18.8 Å². The molecule has 1 saturated heterocycles. The predicted molar refractivity (Wildman–Crippen MR) is 111 cm³/mol. The number of hydrogen-bond donors (Lipinski definition) is 2. The first-order valence-corrected chi connectivity index (χ1v) is 10.3. The monoisotopic (exact) mass is 391 g/mol. The maximum Gasteiger partial charge on any atom is 0.127 e. The first-order valence-electron chi connectivity index (χ1n) is 9.16. The number of benzene rings is 2. The highest BCUT2D eigenvalue weighted by atomic mass is 32.2. The van der Waals surface area contributed by atoms with Crippen LogP contribution in [-0.2, 0) is 11.0 Å². The van der Waals surface area contributed by atoms with E-state index in [0.717, 1.165) is 47.5 Å². The molecular weight excluding hydrogens is 370 g/mol. The Labute approximate surface area is 166 Å². The van der Waals surface area contributed by atoms with Gasteiger partial charge in [-0.3, -0.25) is 5.41 Å². The number of nitrogens with one attached hydrogen (secondary N) is 1. The van der Waals surface area contributed by atoms with Crippen LogP contribution in [0.15, 0.2) is 65.8 Å². The summed E-state index contributed by atoms with van der Waals surface area (Å²) in [5, 5.41) is 8.42. The zero-order valence-corrected chi connectivity index (χ0v) is 16.2. The molecule has 0 saturated carbocycles. The van der Waals surface area contributed by atoms with Crippen molar-refractivity contribution in [2.24, 2.45) is 0 Å². The van der Waals surface area contributed by atoms with Crippen molar-refractivity contribution in [1.29, 1.82) is 5.41 Å². The van der Waals surface area contributed by atoms with Crippen molar-refractivity contribution >= 4 is 22.5 Å². The Morgan fingerprint density at radius 2 is 1.75 bits per heavy atom. The summed E-state index contributed by atoms with van der Waals surface area (Å²) < 4.78 is 14.6. The topological polar surface area (TPSA) is 96.0 Å². The van der Waals surface area contributed by atoms with Crippen LogP contribution >= 0.6 is 0 Å². The first-order chi connectivity index (χ1) is 13.6. The lowest BCUT2D eigenvalue weighted by molar-refractivity contribution is 0.536. The number of anilines is 1. The number of hydrogen-bond acceptors (Lipinski definition) is 5. The van der Waals surface area contributed by atoms with E-state index in [2.05, 4.69) is 9.97 Å². The third-order valence-electron chi connectivity index (χ3n) is 4.78. The van der Waals surface area contributed by atoms with Gasteiger partial charge in [-0.05, 0) is 42.2 Å². The summed E-state index contributed by atoms with van der Waals surface area (Å²) >= 11 is 0. The molecule has 0 amide bonds. The smallest absolute Gasteiger partial charge is 0.127 e. The summed E-state index contributed by atoms with van der Waals surface area (Å²) in [6, 6.07) is 17.1. The molecule has 0 aliphatic carbocycles. The summed E-state index contributed by atoms with van der Waals surface area (Å²) in [6.45, 7) is 1.79. The van der Waals surface area contributed by atoms with Crippen LogP contribution in [0.5, 0.6) is 0 Å². The van der Waals surface area contributed by atoms with Crippen molar-refractivity contribution in [3.05, 3.63) is 72.2 Å². The van der Waals surface area contributed by atoms with Gasteiger partial charge in [0.1, 0.15) is 23.1 Å². The van der Waals surface area contributed by atoms with Gasteiger partial charge in [-0.1, -0.05) is 30.3 Å². The summed E-state index contributed by atoms with van der Waals surface area (Å²) in [5.74, 6) is 0.340. The first kappa shape index (κ1) is 18.5. The molecule has 2 heterocycles. The fourth-order valence-corrected chi connectivity index (χ4v) is 4.53. The van der Waals surface area contributed by atoms with Gasteiger partial charge < -0.3 is 5.73 Å². The van der Waals surface area contributed by atoms with Gasteiger partial charge in [-0.25, -0.2) is 18.5 Å². The van der Waals surface area contributed by atoms with Gasteiger partial charge in [-0.2, -0.15) is 0 Å². The maximum absolute atomic E-state index is 12.6. The van der Waals surface area contributed by atoms with Crippen LogP contribution in [0, 0.1) is 5.41 Å². The molecule has 4 rings (SSSR count). The minimum absolute atomic E-state index is 0.294. The Morgan fingerprint density at radius 3 is 2.46 bits per heavy atom. The summed E-state index contributed by atoms with van der Waals surface area (Å²) in [4.78, 5) is 8.83. The van der Waals surface area contributed by atoms with E-state index in [1.54, 1.807) is 6.07 Å². The molecule has 28 heavy (non-hydrogen) atoms. The van der Waals surface area contributed by atoms with Gasteiger partial charge >= 0.3 is 0 Å². The van der Waals surface area contributed by atoms with E-state index in [-0.39, 0.29) is 0 Å². The van der Waals surface area contributed by atoms with Crippen LogP contribution in [0.25, 0.3) is 11.1 Å². The molecule has 0 radical (unpaired) electrons. The van der Waals surface area contributed by atoms with E-state index in [4.69, 9.17) is 11.1 Å². The maximum atomic E-state index is 12.6. The highest BCUT2D eigenvalue weighted by molar-refractivity contribution is 7.82. The quantitative estimate of drug-likeness (QED) is 0.653. The second-order valence-corrected chi connectivity index (χ2v) is 8.18. The molecule has 1 unspecified atom stereocenters. The van der Waals surface area contributed by atoms with E-state index >= 15 is 0 Å². The summed E-state index contributed by atoms with van der Waals surface area (Å²) in [7, 11) is -1.09. The molecule has 6 nitrogen and oxygen atoms in total. The van der Waals surface area contributed by atoms with Crippen LogP contribution in [0.3, 0.4) is 0 Å². The van der Waals surface area contributed by atoms with Gasteiger partial charge in [0.05, 0.1) is 16.3 Å². The van der Waals surface area contributed by atoms with Crippen molar-refractivity contribution < 1.29 is 4.21 Å². The number of aromatic nitrogens is 2. The largest absolute Gasteiger partial charge is 0.384 e. The molecule has 0 spiro atoms. The third-order valence-corrected chi connectivity index (χ3v) is 6.29. The number of nitrogen functional groups attached to an aromatic ring is 1. The fourth-order valence-electron chi connectivity index (χ4n) is 3.28. The van der Waals surface area contributed by atoms with E-state index in [9.17, 15) is 4.21 Å². The molecule has 1 aliphatic heterocycles. The normalized spacial score (nSPS) is 15.4. The molecule has 3 N–H and O–H groups in total. The van der Waals surface area contributed by atoms with Crippen LogP contribution in [0.1, 0.15) is 24.1 Å². The van der Waals surface area contributed by atoms with Crippen molar-refractivity contribution in [2.45, 2.75) is 17.7 Å². The molecule has 0 bridgehead atoms. The lowest BCUT2D eigenvalue weighted by Crippen LogP contribution is -2.21. The molecule has 1 atom stereocenters. The van der Waals surface area contributed by atoms with Gasteiger partial charge in [0, 0.05) is 24.7 Å². The van der Waals surface area contributed by atoms with E-state index in [1.165, 1.54) is 6.33 Å². The van der Waals surface area contributed by atoms with E-state index in [0.29, 0.717) is 17.2 Å². The fraction of sp³-hybridized carbons (Fsp3) is 0.190. The third kappa shape index (κ3) is 3.85. The van der Waals surface area contributed by atoms with Gasteiger partial charge in [0.15, 0.2) is 0 Å². The Kier molecular flexibility index (Phi) is 5.27. The zero-order valence-electron chi connectivity index (χ0n) is 15.3. The van der Waals surface area contributed by atoms with Gasteiger partial charge in [0.2, 0.25) is 0 Å². The average Bonchev–Trinajstić information content (AvgIpc) is 3.28. The Morgan fingerprint density at radius 1 is 1.00 bits per heavy atom. The second-order valence-electron chi connectivity index (χ2n) is 6.69. The minimum Gasteiger partial charge on any atom is -0.384 e. The van der Waals surface area contributed by atoms with Gasteiger partial charge in [-0.15, -0.1) is 0 Å². The Hall–Kier alpha value is -2.90. The second kappa shape index (κ2) is 8.00. The molecule has 1 fully saturated rings. The van der Waals surface area contributed by atoms with Crippen LogP contribution in [0.2, 0.25) is 0 Å². The van der Waals surface area contributed by atoms with Crippen molar-refractivity contribution in [1.82, 2.24) is 14.3 Å². The van der Waals surface area contributed by atoms with Crippen LogP contribution < -0.4 is 5.73 Å². The van der Waals surface area contributed by atoms with E-state index < -0.39 is 11.0 Å². The molecule has 1 aliphatic rings. The molecular formula is C21H21N5OS. The standard InChI is InChI=1S/C21H21N5OS/c22-20-13-19(24-14-25-20)21(23)17-5-3-4-16(12-17)15-6-8-18(9-7-15)28(27)26-10-1-2-11-26/h3-9,12-14,23H,1-2,10-11H2,(H2,22,24,25). The van der Waals surface area contributed by atoms with Crippen LogP contribution in [-0.4, -0.2) is 37.3 Å². The lowest BCUT2D eigenvalue weighted by atomic mass is 10.00. The number of nitrogens with two attached hydrogens (primary N) is 1. The Balaban J connectivity index is 1.57. The highest BCUT2D eigenvalue weighted by Gasteiger charge is 2.19. The molecule has 1 aromatic heterocycles. The molecule has 3 aromatic rings. The van der Waals surface area contributed by atoms with Gasteiger partial charge in [0.25, 0.3) is 0 Å². The minimum atomic E-state index is -1.09. The van der Waals surface area contributed by atoms with E-state index in [1.807, 2.05) is 52.8 Å². The highest BCUT2D eigenvalue weighted by Crippen LogP contribution is 2.24. The molecule has 2 aromatic carbocycles. The van der Waals surface area contributed by atoms with Crippen molar-refractivity contribution in [3.63, 3.8) is 0 Å². The predicted octanol–water partition coefficient (Wildman–Crippen LogP) is 3.26. The molecule has 142 valence electrons. The molecule has 7 heteroatoms. The Bertz CT molecular complexity index is 1030. The average molecular weight is 392 g/mol. The summed E-state index contributed by atoms with van der Waals surface area (Å²) in [6.07, 6.45) is 3.59. The lowest BCUT2D eigenvalue weighted by Gasteiger charge is -2.14. The van der Waals surface area contributed by atoms with Crippen LogP contribution in [0.4, 0.5) is 5.82 Å². The number of nitrogens with zero attached hydrogens (tertiary/aromatic N) is 3. The zero-order chi connectivity index (χ0) is 19.5. The summed E-state index contributed by atoms with van der Waals surface area (Å²) in [5.41, 5.74) is 9.24. The number of rotatable bonds is 5. The van der Waals surface area contributed by atoms with Crippen molar-refractivity contribution in [3.8, 4) is 11.1 Å².